The Kier molecular flexibility index (Phi) is 6.35. The van der Waals surface area contributed by atoms with Crippen molar-refractivity contribution in [2.75, 3.05) is 31.2 Å². The first-order valence-electron chi connectivity index (χ1n) is 9.53. The van der Waals surface area contributed by atoms with Gasteiger partial charge in [0, 0.05) is 24.3 Å². The second kappa shape index (κ2) is 8.91. The van der Waals surface area contributed by atoms with Crippen molar-refractivity contribution in [2.45, 2.75) is 32.9 Å². The number of benzene rings is 2. The van der Waals surface area contributed by atoms with Gasteiger partial charge in [0.15, 0.2) is 0 Å². The Morgan fingerprint density at radius 1 is 1.07 bits per heavy atom. The molecule has 27 heavy (non-hydrogen) atoms. The van der Waals surface area contributed by atoms with Gasteiger partial charge in [-0.25, -0.2) is 0 Å². The Morgan fingerprint density at radius 3 is 2.44 bits per heavy atom. The van der Waals surface area contributed by atoms with E-state index in [1.807, 2.05) is 69.3 Å². The Labute approximate surface area is 161 Å². The highest BCUT2D eigenvalue weighted by Gasteiger charge is 2.14. The largest absolute Gasteiger partial charge is 0.491 e. The predicted molar refractivity (Wildman–Crippen MR) is 108 cm³/mol. The summed E-state index contributed by atoms with van der Waals surface area (Å²) >= 11 is 0. The molecule has 3 rings (SSSR count). The zero-order valence-electron chi connectivity index (χ0n) is 16.3. The van der Waals surface area contributed by atoms with Crippen LogP contribution in [-0.2, 0) is 4.74 Å². The molecule has 0 bridgehead atoms. The van der Waals surface area contributed by atoms with E-state index in [-0.39, 0.29) is 18.1 Å². The molecule has 1 aliphatic heterocycles. The lowest BCUT2D eigenvalue weighted by Gasteiger charge is -2.28. The average Bonchev–Trinajstić information content (AvgIpc) is 2.68. The van der Waals surface area contributed by atoms with Crippen LogP contribution >= 0.6 is 0 Å². The SMILES string of the molecule is CC(C)Oc1cccc(C(C)NC(=O)c2ccc(N3CCOCC3)cc2)c1. The summed E-state index contributed by atoms with van der Waals surface area (Å²) in [5, 5.41) is 3.06. The van der Waals surface area contributed by atoms with E-state index in [9.17, 15) is 4.79 Å². The average molecular weight is 368 g/mol. The molecule has 144 valence electrons. The first kappa shape index (κ1) is 19.2. The van der Waals surface area contributed by atoms with Crippen molar-refractivity contribution >= 4 is 11.6 Å². The van der Waals surface area contributed by atoms with Gasteiger partial charge in [0.2, 0.25) is 0 Å². The first-order valence-corrected chi connectivity index (χ1v) is 9.53. The summed E-state index contributed by atoms with van der Waals surface area (Å²) in [6.45, 7) is 9.25. The molecule has 0 aromatic heterocycles. The summed E-state index contributed by atoms with van der Waals surface area (Å²) in [4.78, 5) is 14.9. The van der Waals surface area contributed by atoms with Crippen molar-refractivity contribution in [3.05, 3.63) is 59.7 Å². The third kappa shape index (κ3) is 5.23. The minimum atomic E-state index is -0.105. The van der Waals surface area contributed by atoms with Crippen molar-refractivity contribution in [1.29, 1.82) is 0 Å². The van der Waals surface area contributed by atoms with Crippen molar-refractivity contribution in [3.8, 4) is 5.75 Å². The molecule has 1 aliphatic rings. The van der Waals surface area contributed by atoms with Gasteiger partial charge in [0.25, 0.3) is 5.91 Å². The van der Waals surface area contributed by atoms with Crippen LogP contribution in [0.25, 0.3) is 0 Å². The van der Waals surface area contributed by atoms with Crippen molar-refractivity contribution in [2.24, 2.45) is 0 Å². The van der Waals surface area contributed by atoms with E-state index in [1.165, 1.54) is 0 Å². The fourth-order valence-electron chi connectivity index (χ4n) is 3.14. The standard InChI is InChI=1S/C22H28N2O3/c1-16(2)27-21-6-4-5-19(15-21)17(3)23-22(25)18-7-9-20(10-8-18)24-11-13-26-14-12-24/h4-10,15-17H,11-14H2,1-3H3,(H,23,25). The molecule has 1 saturated heterocycles. The van der Waals surface area contributed by atoms with E-state index < -0.39 is 0 Å². The third-order valence-electron chi connectivity index (χ3n) is 4.58. The number of nitrogens with zero attached hydrogens (tertiary/aromatic N) is 1. The molecule has 1 N–H and O–H groups in total. The van der Waals surface area contributed by atoms with E-state index in [2.05, 4.69) is 10.2 Å². The van der Waals surface area contributed by atoms with Gasteiger partial charge >= 0.3 is 0 Å². The number of amides is 1. The molecule has 5 heteroatoms. The van der Waals surface area contributed by atoms with E-state index in [0.29, 0.717) is 5.56 Å². The lowest BCUT2D eigenvalue weighted by molar-refractivity contribution is 0.0939. The van der Waals surface area contributed by atoms with Crippen LogP contribution in [0.1, 0.15) is 42.7 Å². The maximum absolute atomic E-state index is 12.6. The normalized spacial score (nSPS) is 15.5. The number of morpholine rings is 1. The number of nitrogens with one attached hydrogen (secondary N) is 1. The number of ether oxygens (including phenoxy) is 2. The molecular weight excluding hydrogens is 340 g/mol. The molecule has 1 fully saturated rings. The Bertz CT molecular complexity index is 752. The summed E-state index contributed by atoms with van der Waals surface area (Å²) in [6.07, 6.45) is 0.120. The minimum absolute atomic E-state index is 0.0776. The van der Waals surface area contributed by atoms with Crippen LogP contribution in [0, 0.1) is 0 Å². The van der Waals surface area contributed by atoms with Gasteiger partial charge in [-0.05, 0) is 62.7 Å². The molecule has 0 radical (unpaired) electrons. The molecule has 5 nitrogen and oxygen atoms in total. The molecule has 0 aliphatic carbocycles. The Morgan fingerprint density at radius 2 is 1.78 bits per heavy atom. The zero-order valence-corrected chi connectivity index (χ0v) is 16.3. The molecular formula is C22H28N2O3. The summed E-state index contributed by atoms with van der Waals surface area (Å²) < 4.78 is 11.1. The highest BCUT2D eigenvalue weighted by atomic mass is 16.5. The number of hydrogen-bond acceptors (Lipinski definition) is 4. The molecule has 0 spiro atoms. The summed E-state index contributed by atoms with van der Waals surface area (Å²) in [5.41, 5.74) is 2.81. The first-order chi connectivity index (χ1) is 13.0. The van der Waals surface area contributed by atoms with Gasteiger partial charge in [-0.15, -0.1) is 0 Å². The highest BCUT2D eigenvalue weighted by Crippen LogP contribution is 2.21. The smallest absolute Gasteiger partial charge is 0.251 e. The zero-order chi connectivity index (χ0) is 19.2. The maximum Gasteiger partial charge on any atom is 0.251 e. The Hall–Kier alpha value is -2.53. The number of anilines is 1. The van der Waals surface area contributed by atoms with Crippen LogP contribution in [0.15, 0.2) is 48.5 Å². The lowest BCUT2D eigenvalue weighted by atomic mass is 10.1. The minimum Gasteiger partial charge on any atom is -0.491 e. The topological polar surface area (TPSA) is 50.8 Å². The molecule has 1 heterocycles. The third-order valence-corrected chi connectivity index (χ3v) is 4.58. The quantitative estimate of drug-likeness (QED) is 0.843. The van der Waals surface area contributed by atoms with Gasteiger partial charge < -0.3 is 19.7 Å². The lowest BCUT2D eigenvalue weighted by Crippen LogP contribution is -2.36. The van der Waals surface area contributed by atoms with Gasteiger partial charge in [-0.2, -0.15) is 0 Å². The van der Waals surface area contributed by atoms with E-state index >= 15 is 0 Å². The second-order valence-corrected chi connectivity index (χ2v) is 7.08. The summed E-state index contributed by atoms with van der Waals surface area (Å²) in [6, 6.07) is 15.5. The van der Waals surface area contributed by atoms with Crippen LogP contribution in [0.2, 0.25) is 0 Å². The summed E-state index contributed by atoms with van der Waals surface area (Å²) in [5.74, 6) is 0.740. The van der Waals surface area contributed by atoms with Crippen LogP contribution in [0.4, 0.5) is 5.69 Å². The monoisotopic (exact) mass is 368 g/mol. The van der Waals surface area contributed by atoms with Gasteiger partial charge in [-0.3, -0.25) is 4.79 Å². The van der Waals surface area contributed by atoms with Crippen LogP contribution in [-0.4, -0.2) is 38.3 Å². The number of carbonyl (C=O) groups is 1. The molecule has 1 atom stereocenters. The van der Waals surface area contributed by atoms with E-state index in [1.54, 1.807) is 0 Å². The molecule has 1 amide bonds. The van der Waals surface area contributed by atoms with Crippen molar-refractivity contribution in [3.63, 3.8) is 0 Å². The van der Waals surface area contributed by atoms with Gasteiger partial charge in [0.05, 0.1) is 25.4 Å². The predicted octanol–water partition coefficient (Wildman–Crippen LogP) is 3.80. The number of rotatable bonds is 6. The maximum atomic E-state index is 12.6. The van der Waals surface area contributed by atoms with Crippen molar-refractivity contribution in [1.82, 2.24) is 5.32 Å². The van der Waals surface area contributed by atoms with Gasteiger partial charge in [-0.1, -0.05) is 12.1 Å². The Balaban J connectivity index is 1.62. The molecule has 2 aromatic carbocycles. The number of hydrogen-bond donors (Lipinski definition) is 1. The fraction of sp³-hybridized carbons (Fsp3) is 0.409. The molecule has 0 saturated carbocycles. The van der Waals surface area contributed by atoms with Crippen LogP contribution < -0.4 is 15.0 Å². The van der Waals surface area contributed by atoms with Crippen molar-refractivity contribution < 1.29 is 14.3 Å². The van der Waals surface area contributed by atoms with Crippen LogP contribution in [0.5, 0.6) is 5.75 Å². The molecule has 2 aromatic rings. The second-order valence-electron chi connectivity index (χ2n) is 7.08. The highest BCUT2D eigenvalue weighted by molar-refractivity contribution is 5.94. The summed E-state index contributed by atoms with van der Waals surface area (Å²) in [7, 11) is 0. The molecule has 1 unspecified atom stereocenters. The van der Waals surface area contributed by atoms with E-state index in [0.717, 1.165) is 43.3 Å². The number of carbonyl (C=O) groups excluding carboxylic acids is 1. The van der Waals surface area contributed by atoms with E-state index in [4.69, 9.17) is 9.47 Å². The fourth-order valence-corrected chi connectivity index (χ4v) is 3.14. The van der Waals surface area contributed by atoms with Crippen LogP contribution in [0.3, 0.4) is 0 Å². The van der Waals surface area contributed by atoms with Gasteiger partial charge in [0.1, 0.15) is 5.75 Å².